The van der Waals surface area contributed by atoms with Crippen molar-refractivity contribution in [2.75, 3.05) is 0 Å². The number of halogens is 1. The van der Waals surface area contributed by atoms with E-state index in [-0.39, 0.29) is 0 Å². The van der Waals surface area contributed by atoms with Gasteiger partial charge in [0.25, 0.3) is 0 Å². The number of hydrogen-bond acceptors (Lipinski definition) is 0. The highest BCUT2D eigenvalue weighted by atomic mass is 79.9. The van der Waals surface area contributed by atoms with E-state index in [1.54, 1.807) is 0 Å². The third kappa shape index (κ3) is 1.71. The smallest absolute Gasteiger partial charge is 0.0207 e. The Hall–Kier alpha value is -0.300. The number of rotatable bonds is 2. The second-order valence-corrected chi connectivity index (χ2v) is 4.53. The molecule has 2 rings (SSSR count). The summed E-state index contributed by atoms with van der Waals surface area (Å²) >= 11 is 3.56. The monoisotopic (exact) mass is 224 g/mol. The Bertz CT molecular complexity index is 287. The summed E-state index contributed by atoms with van der Waals surface area (Å²) in [5, 5.41) is 0. The van der Waals surface area contributed by atoms with Crippen molar-refractivity contribution in [1.29, 1.82) is 0 Å². The van der Waals surface area contributed by atoms with E-state index in [1.807, 2.05) is 0 Å². The van der Waals surface area contributed by atoms with Gasteiger partial charge in [-0.05, 0) is 49.3 Å². The fourth-order valence-corrected chi connectivity index (χ4v) is 1.91. The molecule has 0 aromatic heterocycles. The van der Waals surface area contributed by atoms with Crippen molar-refractivity contribution in [3.63, 3.8) is 0 Å². The van der Waals surface area contributed by atoms with Crippen molar-refractivity contribution >= 4 is 15.9 Å². The minimum absolute atomic E-state index is 0.984. The van der Waals surface area contributed by atoms with Gasteiger partial charge in [0.2, 0.25) is 0 Å². The summed E-state index contributed by atoms with van der Waals surface area (Å²) in [6.45, 7) is 2.20. The van der Waals surface area contributed by atoms with Crippen LogP contribution in [0.4, 0.5) is 0 Å². The van der Waals surface area contributed by atoms with Crippen molar-refractivity contribution in [3.05, 3.63) is 33.8 Å². The van der Waals surface area contributed by atoms with Crippen LogP contribution in [0.25, 0.3) is 0 Å². The van der Waals surface area contributed by atoms with Crippen LogP contribution < -0.4 is 0 Å². The van der Waals surface area contributed by atoms with E-state index in [9.17, 15) is 0 Å². The molecule has 0 spiro atoms. The second kappa shape index (κ2) is 3.21. The highest BCUT2D eigenvalue weighted by molar-refractivity contribution is 9.10. The molecule has 0 bridgehead atoms. The first-order valence-electron chi connectivity index (χ1n) is 4.51. The van der Waals surface area contributed by atoms with Crippen LogP contribution in [0, 0.1) is 12.8 Å². The maximum absolute atomic E-state index is 3.56. The van der Waals surface area contributed by atoms with Crippen molar-refractivity contribution in [2.24, 2.45) is 5.92 Å². The first-order chi connectivity index (χ1) is 5.77. The Labute approximate surface area is 82.1 Å². The maximum atomic E-state index is 3.56. The summed E-state index contributed by atoms with van der Waals surface area (Å²) < 4.78 is 1.25. The molecular weight excluding hydrogens is 212 g/mol. The Morgan fingerprint density at radius 1 is 1.42 bits per heavy atom. The second-order valence-electron chi connectivity index (χ2n) is 3.67. The molecule has 12 heavy (non-hydrogen) atoms. The van der Waals surface area contributed by atoms with E-state index >= 15 is 0 Å². The molecule has 1 fully saturated rings. The van der Waals surface area contributed by atoms with E-state index < -0.39 is 0 Å². The lowest BCUT2D eigenvalue weighted by atomic mass is 10.0. The van der Waals surface area contributed by atoms with Gasteiger partial charge in [0, 0.05) is 4.47 Å². The zero-order chi connectivity index (χ0) is 8.55. The molecule has 0 saturated heterocycles. The van der Waals surface area contributed by atoms with Crippen LogP contribution in [0.5, 0.6) is 0 Å². The van der Waals surface area contributed by atoms with Gasteiger partial charge < -0.3 is 0 Å². The van der Waals surface area contributed by atoms with Gasteiger partial charge in [0.1, 0.15) is 0 Å². The highest BCUT2D eigenvalue weighted by Crippen LogP contribution is 2.34. The molecule has 0 unspecified atom stereocenters. The zero-order valence-electron chi connectivity index (χ0n) is 7.31. The normalized spacial score (nSPS) is 16.5. The molecule has 1 heteroatoms. The lowest BCUT2D eigenvalue weighted by Crippen LogP contribution is -1.91. The molecular formula is C11H13Br. The highest BCUT2D eigenvalue weighted by Gasteiger charge is 2.22. The minimum atomic E-state index is 0.984. The Morgan fingerprint density at radius 2 is 2.17 bits per heavy atom. The quantitative estimate of drug-likeness (QED) is 0.719. The molecule has 0 heterocycles. The molecule has 0 nitrogen and oxygen atoms in total. The predicted octanol–water partition coefficient (Wildman–Crippen LogP) is 3.71. The molecule has 0 aliphatic heterocycles. The predicted molar refractivity (Wildman–Crippen MR) is 55.3 cm³/mol. The largest absolute Gasteiger partial charge is 0.0609 e. The molecule has 1 aromatic rings. The number of benzene rings is 1. The van der Waals surface area contributed by atoms with Crippen molar-refractivity contribution in [1.82, 2.24) is 0 Å². The van der Waals surface area contributed by atoms with Crippen LogP contribution >= 0.6 is 15.9 Å². The van der Waals surface area contributed by atoms with Gasteiger partial charge in [-0.3, -0.25) is 0 Å². The average molecular weight is 225 g/mol. The third-order valence-electron chi connectivity index (χ3n) is 2.59. The molecule has 1 aliphatic carbocycles. The first kappa shape index (κ1) is 8.31. The number of hydrogen-bond donors (Lipinski definition) is 0. The molecule has 1 aromatic carbocycles. The fraction of sp³-hybridized carbons (Fsp3) is 0.455. The third-order valence-corrected chi connectivity index (χ3v) is 3.44. The van der Waals surface area contributed by atoms with Gasteiger partial charge in [0.05, 0.1) is 0 Å². The van der Waals surface area contributed by atoms with Crippen molar-refractivity contribution in [2.45, 2.75) is 26.2 Å². The molecule has 0 atom stereocenters. The van der Waals surface area contributed by atoms with E-state index in [1.165, 1.54) is 34.9 Å². The van der Waals surface area contributed by atoms with Crippen LogP contribution in [0.15, 0.2) is 22.7 Å². The standard InChI is InChI=1S/C11H13Br/c1-8-10(7-9-5-6-9)3-2-4-11(8)12/h2-4,9H,5-7H2,1H3. The van der Waals surface area contributed by atoms with Gasteiger partial charge >= 0.3 is 0 Å². The van der Waals surface area contributed by atoms with E-state index in [0.29, 0.717) is 0 Å². The molecule has 1 aliphatic rings. The summed E-state index contributed by atoms with van der Waals surface area (Å²) in [5.41, 5.74) is 2.94. The van der Waals surface area contributed by atoms with Gasteiger partial charge in [-0.25, -0.2) is 0 Å². The van der Waals surface area contributed by atoms with Crippen LogP contribution in [-0.2, 0) is 6.42 Å². The summed E-state index contributed by atoms with van der Waals surface area (Å²) in [4.78, 5) is 0. The van der Waals surface area contributed by atoms with Crippen molar-refractivity contribution < 1.29 is 0 Å². The molecule has 64 valence electrons. The van der Waals surface area contributed by atoms with Crippen LogP contribution in [0.2, 0.25) is 0 Å². The Morgan fingerprint density at radius 3 is 2.83 bits per heavy atom. The van der Waals surface area contributed by atoms with Crippen molar-refractivity contribution in [3.8, 4) is 0 Å². The van der Waals surface area contributed by atoms with E-state index in [2.05, 4.69) is 41.1 Å². The molecule has 0 radical (unpaired) electrons. The lowest BCUT2D eigenvalue weighted by molar-refractivity contribution is 0.825. The summed E-state index contributed by atoms with van der Waals surface area (Å²) in [6, 6.07) is 6.50. The Kier molecular flexibility index (Phi) is 2.22. The summed E-state index contributed by atoms with van der Waals surface area (Å²) in [6.07, 6.45) is 4.16. The Balaban J connectivity index is 2.23. The fourth-order valence-electron chi connectivity index (χ4n) is 1.51. The van der Waals surface area contributed by atoms with Gasteiger partial charge in [-0.2, -0.15) is 0 Å². The minimum Gasteiger partial charge on any atom is -0.0609 e. The van der Waals surface area contributed by atoms with Gasteiger partial charge in [-0.1, -0.05) is 28.1 Å². The van der Waals surface area contributed by atoms with Gasteiger partial charge in [-0.15, -0.1) is 0 Å². The topological polar surface area (TPSA) is 0 Å². The summed E-state index contributed by atoms with van der Waals surface area (Å²) in [5.74, 6) is 0.984. The van der Waals surface area contributed by atoms with Crippen LogP contribution in [0.1, 0.15) is 24.0 Å². The molecule has 0 N–H and O–H groups in total. The van der Waals surface area contributed by atoms with Crippen LogP contribution in [-0.4, -0.2) is 0 Å². The summed E-state index contributed by atoms with van der Waals surface area (Å²) in [7, 11) is 0. The van der Waals surface area contributed by atoms with E-state index in [4.69, 9.17) is 0 Å². The zero-order valence-corrected chi connectivity index (χ0v) is 8.89. The average Bonchev–Trinajstić information content (AvgIpc) is 2.83. The molecule has 0 amide bonds. The molecule has 1 saturated carbocycles. The van der Waals surface area contributed by atoms with E-state index in [0.717, 1.165) is 5.92 Å². The van der Waals surface area contributed by atoms with Crippen LogP contribution in [0.3, 0.4) is 0 Å². The maximum Gasteiger partial charge on any atom is 0.0207 e. The lowest BCUT2D eigenvalue weighted by Gasteiger charge is -2.05. The SMILES string of the molecule is Cc1c(Br)cccc1CC1CC1. The first-order valence-corrected chi connectivity index (χ1v) is 5.30. The van der Waals surface area contributed by atoms with Gasteiger partial charge in [0.15, 0.2) is 0 Å².